The molecule has 2 nitrogen and oxygen atoms in total. The summed E-state index contributed by atoms with van der Waals surface area (Å²) in [5.74, 6) is 0.256. The first-order chi connectivity index (χ1) is 9.66. The molecule has 2 rings (SSSR count). The van der Waals surface area contributed by atoms with Gasteiger partial charge in [-0.15, -0.1) is 0 Å². The summed E-state index contributed by atoms with van der Waals surface area (Å²) in [7, 11) is 0. The van der Waals surface area contributed by atoms with Crippen LogP contribution in [0.3, 0.4) is 0 Å². The molecule has 0 fully saturated rings. The molecule has 2 aromatic carbocycles. The Labute approximate surface area is 127 Å². The second-order valence-electron chi connectivity index (χ2n) is 4.20. The van der Waals surface area contributed by atoms with Crippen LogP contribution in [0.2, 0.25) is 10.0 Å². The van der Waals surface area contributed by atoms with Gasteiger partial charge in [-0.2, -0.15) is 0 Å². The zero-order valence-electron chi connectivity index (χ0n) is 10.7. The van der Waals surface area contributed by atoms with Crippen molar-refractivity contribution in [1.29, 1.82) is 0 Å². The topological polar surface area (TPSA) is 21.3 Å². The molecule has 20 heavy (non-hydrogen) atoms. The predicted octanol–water partition coefficient (Wildman–Crippen LogP) is 5.01. The van der Waals surface area contributed by atoms with Gasteiger partial charge < -0.3 is 10.1 Å². The monoisotopic (exact) mass is 313 g/mol. The fraction of sp³-hybridized carbons (Fsp3) is 0.200. The molecule has 0 radical (unpaired) electrons. The summed E-state index contributed by atoms with van der Waals surface area (Å²) in [6.45, 7) is 1.28. The molecule has 0 spiro atoms. The second-order valence-corrected chi connectivity index (χ2v) is 5.01. The summed E-state index contributed by atoms with van der Waals surface area (Å²) in [6, 6.07) is 12.6. The Morgan fingerprint density at radius 3 is 2.35 bits per heavy atom. The zero-order valence-corrected chi connectivity index (χ0v) is 12.2. The third-order valence-electron chi connectivity index (χ3n) is 2.65. The average Bonchev–Trinajstić information content (AvgIpc) is 2.45. The number of nitrogens with one attached hydrogen (secondary N) is 1. The van der Waals surface area contributed by atoms with Crippen molar-refractivity contribution < 1.29 is 9.13 Å². The first-order valence-electron chi connectivity index (χ1n) is 6.23. The lowest BCUT2D eigenvalue weighted by molar-refractivity contribution is 0.315. The third-order valence-corrected chi connectivity index (χ3v) is 3.20. The van der Waals surface area contributed by atoms with Crippen molar-refractivity contribution in [2.45, 2.75) is 6.42 Å². The van der Waals surface area contributed by atoms with E-state index in [0.29, 0.717) is 18.8 Å². The summed E-state index contributed by atoms with van der Waals surface area (Å²) < 4.78 is 18.8. The van der Waals surface area contributed by atoms with Gasteiger partial charge in [0.25, 0.3) is 0 Å². The fourth-order valence-corrected chi connectivity index (χ4v) is 2.16. The number of anilines is 1. The quantitative estimate of drug-likeness (QED) is 0.597. The number of para-hydroxylation sites is 1. The Bertz CT molecular complexity index is 540. The van der Waals surface area contributed by atoms with Gasteiger partial charge in [0.2, 0.25) is 0 Å². The molecule has 0 bridgehead atoms. The van der Waals surface area contributed by atoms with Crippen LogP contribution in [-0.4, -0.2) is 13.2 Å². The molecule has 0 aliphatic rings. The van der Waals surface area contributed by atoms with E-state index in [1.807, 2.05) is 30.3 Å². The highest BCUT2D eigenvalue weighted by molar-refractivity contribution is 6.35. The van der Waals surface area contributed by atoms with Gasteiger partial charge >= 0.3 is 0 Å². The van der Waals surface area contributed by atoms with Crippen LogP contribution in [0, 0.1) is 5.82 Å². The maximum atomic E-state index is 13.2. The number of halogens is 3. The maximum Gasteiger partial charge on any atom is 0.160 e. The largest absolute Gasteiger partial charge is 0.494 e. The van der Waals surface area contributed by atoms with Gasteiger partial charge in [-0.3, -0.25) is 0 Å². The molecule has 0 unspecified atom stereocenters. The number of hydrogen-bond acceptors (Lipinski definition) is 2. The SMILES string of the molecule is Fc1c(Cl)cc(NCCCOc2ccccc2)cc1Cl. The van der Waals surface area contributed by atoms with E-state index in [-0.39, 0.29) is 10.0 Å². The summed E-state index contributed by atoms with van der Waals surface area (Å²) in [6.07, 6.45) is 0.807. The van der Waals surface area contributed by atoms with Crippen molar-refractivity contribution in [1.82, 2.24) is 0 Å². The lowest BCUT2D eigenvalue weighted by Gasteiger charge is -2.09. The summed E-state index contributed by atoms with van der Waals surface area (Å²) in [5, 5.41) is 3.15. The lowest BCUT2D eigenvalue weighted by atomic mass is 10.3. The molecule has 0 aliphatic carbocycles. The molecule has 1 N–H and O–H groups in total. The molecule has 0 aromatic heterocycles. The van der Waals surface area contributed by atoms with E-state index < -0.39 is 5.82 Å². The Balaban J connectivity index is 1.74. The smallest absolute Gasteiger partial charge is 0.160 e. The Kier molecular flexibility index (Phi) is 5.50. The van der Waals surface area contributed by atoms with Gasteiger partial charge in [0.15, 0.2) is 5.82 Å². The molecular weight excluding hydrogens is 300 g/mol. The first kappa shape index (κ1) is 14.9. The van der Waals surface area contributed by atoms with Gasteiger partial charge in [-0.05, 0) is 30.7 Å². The van der Waals surface area contributed by atoms with Crippen LogP contribution in [0.25, 0.3) is 0 Å². The fourth-order valence-electron chi connectivity index (χ4n) is 1.67. The Morgan fingerprint density at radius 1 is 1.05 bits per heavy atom. The van der Waals surface area contributed by atoms with Crippen LogP contribution in [0.1, 0.15) is 6.42 Å². The van der Waals surface area contributed by atoms with Crippen LogP contribution < -0.4 is 10.1 Å². The predicted molar refractivity (Wildman–Crippen MR) is 81.5 cm³/mol. The number of hydrogen-bond donors (Lipinski definition) is 1. The van der Waals surface area contributed by atoms with Gasteiger partial charge in [0.05, 0.1) is 16.7 Å². The van der Waals surface area contributed by atoms with Gasteiger partial charge in [-0.1, -0.05) is 41.4 Å². The van der Waals surface area contributed by atoms with Crippen LogP contribution in [0.15, 0.2) is 42.5 Å². The minimum absolute atomic E-state index is 0.0144. The minimum atomic E-state index is -0.591. The number of benzene rings is 2. The molecule has 0 heterocycles. The third kappa shape index (κ3) is 4.29. The van der Waals surface area contributed by atoms with E-state index in [1.165, 1.54) is 12.1 Å². The van der Waals surface area contributed by atoms with Crippen LogP contribution in [0.5, 0.6) is 5.75 Å². The minimum Gasteiger partial charge on any atom is -0.494 e. The summed E-state index contributed by atoms with van der Waals surface area (Å²) in [4.78, 5) is 0. The van der Waals surface area contributed by atoms with E-state index in [0.717, 1.165) is 12.2 Å². The van der Waals surface area contributed by atoms with Crippen molar-refractivity contribution in [3.8, 4) is 5.75 Å². The number of rotatable bonds is 6. The van der Waals surface area contributed by atoms with Crippen molar-refractivity contribution in [3.63, 3.8) is 0 Å². The van der Waals surface area contributed by atoms with Crippen molar-refractivity contribution >= 4 is 28.9 Å². The highest BCUT2D eigenvalue weighted by Crippen LogP contribution is 2.27. The van der Waals surface area contributed by atoms with Crippen molar-refractivity contribution in [2.24, 2.45) is 0 Å². The molecule has 0 saturated heterocycles. The van der Waals surface area contributed by atoms with E-state index in [9.17, 15) is 4.39 Å². The van der Waals surface area contributed by atoms with Gasteiger partial charge in [0.1, 0.15) is 5.75 Å². The zero-order chi connectivity index (χ0) is 14.4. The molecule has 0 saturated carbocycles. The van der Waals surface area contributed by atoms with Gasteiger partial charge in [0, 0.05) is 12.2 Å². The van der Waals surface area contributed by atoms with E-state index in [1.54, 1.807) is 0 Å². The van der Waals surface area contributed by atoms with Gasteiger partial charge in [-0.25, -0.2) is 4.39 Å². The highest BCUT2D eigenvalue weighted by atomic mass is 35.5. The normalized spacial score (nSPS) is 10.3. The van der Waals surface area contributed by atoms with Crippen LogP contribution in [-0.2, 0) is 0 Å². The molecular formula is C15H14Cl2FNO. The lowest BCUT2D eigenvalue weighted by Crippen LogP contribution is -2.07. The highest BCUT2D eigenvalue weighted by Gasteiger charge is 2.06. The van der Waals surface area contributed by atoms with Crippen LogP contribution in [0.4, 0.5) is 10.1 Å². The number of ether oxygens (including phenoxy) is 1. The van der Waals surface area contributed by atoms with Crippen molar-refractivity contribution in [2.75, 3.05) is 18.5 Å². The van der Waals surface area contributed by atoms with E-state index >= 15 is 0 Å². The van der Waals surface area contributed by atoms with Crippen molar-refractivity contribution in [3.05, 3.63) is 58.3 Å². The first-order valence-corrected chi connectivity index (χ1v) is 6.98. The molecule has 106 valence electrons. The molecule has 2 aromatic rings. The standard InChI is InChI=1S/C15H14Cl2FNO/c16-13-9-11(10-14(17)15(13)18)19-7-4-8-20-12-5-2-1-3-6-12/h1-3,5-6,9-10,19H,4,7-8H2. The molecule has 0 aliphatic heterocycles. The molecule has 5 heteroatoms. The summed E-state index contributed by atoms with van der Waals surface area (Å²) >= 11 is 11.4. The van der Waals surface area contributed by atoms with E-state index in [4.69, 9.17) is 27.9 Å². The maximum absolute atomic E-state index is 13.2. The average molecular weight is 314 g/mol. The second kappa shape index (κ2) is 7.36. The molecule has 0 atom stereocenters. The van der Waals surface area contributed by atoms with E-state index in [2.05, 4.69) is 5.32 Å². The molecule has 0 amide bonds. The Morgan fingerprint density at radius 2 is 1.70 bits per heavy atom. The summed E-state index contributed by atoms with van der Waals surface area (Å²) in [5.41, 5.74) is 0.695. The van der Waals surface area contributed by atoms with Crippen LogP contribution >= 0.6 is 23.2 Å². The Hall–Kier alpha value is -1.45.